The molecule has 2 aromatic carbocycles. The van der Waals surface area contributed by atoms with E-state index in [4.69, 9.17) is 27.9 Å². The zero-order valence-electron chi connectivity index (χ0n) is 18.8. The summed E-state index contributed by atoms with van der Waals surface area (Å²) in [5.41, 5.74) is 3.36. The molecule has 178 valence electrons. The number of rotatable bonds is 3. The first-order valence-corrected chi connectivity index (χ1v) is 12.4. The molecular weight excluding hydrogens is 485 g/mol. The number of halogens is 2. The van der Waals surface area contributed by atoms with E-state index in [0.717, 1.165) is 33.3 Å². The highest BCUT2D eigenvalue weighted by atomic mass is 35.5. The maximum atomic E-state index is 13.4. The van der Waals surface area contributed by atoms with Gasteiger partial charge in [-0.3, -0.25) is 4.79 Å². The number of H-pyrrole nitrogens is 1. The van der Waals surface area contributed by atoms with Crippen LogP contribution in [0.5, 0.6) is 5.75 Å². The van der Waals surface area contributed by atoms with Crippen molar-refractivity contribution < 1.29 is 14.6 Å². The summed E-state index contributed by atoms with van der Waals surface area (Å²) >= 11 is 12.5. The molecule has 0 unspecified atom stereocenters. The third-order valence-corrected chi connectivity index (χ3v) is 7.58. The predicted octanol–water partition coefficient (Wildman–Crippen LogP) is 5.35. The Kier molecular flexibility index (Phi) is 5.48. The Labute approximate surface area is 212 Å². The minimum Gasteiger partial charge on any atom is -0.479 e. The lowest BCUT2D eigenvalue weighted by molar-refractivity contribution is -0.142. The number of likely N-dealkylation sites (tertiary alicyclic amines) is 1. The number of aromatic nitrogens is 2. The van der Waals surface area contributed by atoms with Crippen molar-refractivity contribution in [3.63, 3.8) is 0 Å². The van der Waals surface area contributed by atoms with Crippen molar-refractivity contribution in [2.45, 2.75) is 31.0 Å². The van der Waals surface area contributed by atoms with Gasteiger partial charge in [0, 0.05) is 58.5 Å². The predicted molar refractivity (Wildman–Crippen MR) is 136 cm³/mol. The lowest BCUT2D eigenvalue weighted by Gasteiger charge is -2.39. The second kappa shape index (κ2) is 8.55. The van der Waals surface area contributed by atoms with Gasteiger partial charge in [0.15, 0.2) is 6.10 Å². The van der Waals surface area contributed by atoms with Crippen molar-refractivity contribution >= 4 is 40.1 Å². The van der Waals surface area contributed by atoms with E-state index < -0.39 is 11.7 Å². The van der Waals surface area contributed by atoms with Gasteiger partial charge in [-0.1, -0.05) is 35.3 Å². The summed E-state index contributed by atoms with van der Waals surface area (Å²) in [6.45, 7) is 0.909. The Morgan fingerprint density at radius 3 is 2.60 bits per heavy atom. The number of carbonyl (C=O) groups excluding carboxylic acids is 1. The van der Waals surface area contributed by atoms with Crippen LogP contribution in [0.3, 0.4) is 0 Å². The third kappa shape index (κ3) is 3.96. The van der Waals surface area contributed by atoms with Gasteiger partial charge in [0.2, 0.25) is 0 Å². The molecule has 1 fully saturated rings. The van der Waals surface area contributed by atoms with Crippen LogP contribution in [-0.4, -0.2) is 45.1 Å². The first-order chi connectivity index (χ1) is 16.9. The Hall–Kier alpha value is -3.06. The molecule has 35 heavy (non-hydrogen) atoms. The molecule has 6 rings (SSSR count). The van der Waals surface area contributed by atoms with Crippen LogP contribution in [0.2, 0.25) is 10.0 Å². The molecule has 1 saturated heterocycles. The van der Waals surface area contributed by atoms with Crippen LogP contribution in [0.25, 0.3) is 22.2 Å². The monoisotopic (exact) mass is 507 g/mol. The largest absolute Gasteiger partial charge is 0.479 e. The van der Waals surface area contributed by atoms with Crippen LogP contribution in [0.15, 0.2) is 60.9 Å². The van der Waals surface area contributed by atoms with Gasteiger partial charge in [0.1, 0.15) is 11.4 Å². The molecule has 2 aliphatic rings. The second-order valence-corrected chi connectivity index (χ2v) is 10.1. The van der Waals surface area contributed by atoms with Crippen molar-refractivity contribution in [3.8, 4) is 16.9 Å². The average Bonchev–Trinajstić information content (AvgIpc) is 3.51. The molecule has 0 radical (unpaired) electrons. The van der Waals surface area contributed by atoms with E-state index >= 15 is 0 Å². The summed E-state index contributed by atoms with van der Waals surface area (Å²) in [6.07, 6.45) is 4.35. The van der Waals surface area contributed by atoms with Gasteiger partial charge in [0.05, 0.1) is 5.60 Å². The quantitative estimate of drug-likeness (QED) is 0.391. The zero-order valence-corrected chi connectivity index (χ0v) is 20.3. The van der Waals surface area contributed by atoms with Crippen LogP contribution >= 0.6 is 23.2 Å². The average molecular weight is 508 g/mol. The van der Waals surface area contributed by atoms with Gasteiger partial charge in [0.25, 0.3) is 5.91 Å². The molecule has 2 N–H and O–H groups in total. The molecular formula is C27H23Cl2N3O3. The van der Waals surface area contributed by atoms with Crippen molar-refractivity contribution in [2.75, 3.05) is 13.1 Å². The molecule has 0 bridgehead atoms. The number of fused-ring (bicyclic) bond motifs is 2. The van der Waals surface area contributed by atoms with Gasteiger partial charge in [-0.2, -0.15) is 0 Å². The Balaban J connectivity index is 1.22. The fraction of sp³-hybridized carbons (Fsp3) is 0.259. The second-order valence-electron chi connectivity index (χ2n) is 9.21. The van der Waals surface area contributed by atoms with Gasteiger partial charge >= 0.3 is 0 Å². The summed E-state index contributed by atoms with van der Waals surface area (Å²) in [5.74, 6) is 0.624. The highest BCUT2D eigenvalue weighted by Crippen LogP contribution is 2.43. The number of amides is 1. The van der Waals surface area contributed by atoms with Crippen molar-refractivity contribution in [2.24, 2.45) is 0 Å². The summed E-state index contributed by atoms with van der Waals surface area (Å²) < 4.78 is 6.28. The smallest absolute Gasteiger partial charge is 0.263 e. The number of benzene rings is 2. The minimum absolute atomic E-state index is 0.0667. The first kappa shape index (κ1) is 22.4. The van der Waals surface area contributed by atoms with E-state index in [1.54, 1.807) is 23.2 Å². The molecule has 1 atom stereocenters. The lowest BCUT2D eigenvalue weighted by Crippen LogP contribution is -2.49. The molecule has 1 amide bonds. The van der Waals surface area contributed by atoms with Crippen LogP contribution in [0.1, 0.15) is 24.0 Å². The molecule has 4 aromatic rings. The van der Waals surface area contributed by atoms with E-state index in [-0.39, 0.29) is 5.91 Å². The van der Waals surface area contributed by atoms with Gasteiger partial charge in [-0.25, -0.2) is 4.98 Å². The van der Waals surface area contributed by atoms with Gasteiger partial charge in [-0.05, 0) is 60.4 Å². The number of aromatic amines is 1. The van der Waals surface area contributed by atoms with Gasteiger partial charge < -0.3 is 19.7 Å². The number of hydrogen-bond donors (Lipinski definition) is 2. The number of pyridine rings is 1. The van der Waals surface area contributed by atoms with E-state index in [1.165, 1.54) is 0 Å². The van der Waals surface area contributed by atoms with E-state index in [1.807, 2.05) is 42.6 Å². The van der Waals surface area contributed by atoms with Crippen molar-refractivity contribution in [1.29, 1.82) is 0 Å². The molecule has 0 spiro atoms. The van der Waals surface area contributed by atoms with Gasteiger partial charge in [-0.15, -0.1) is 0 Å². The molecule has 0 aliphatic carbocycles. The number of ether oxygens (including phenoxy) is 1. The molecule has 2 aliphatic heterocycles. The zero-order chi connectivity index (χ0) is 24.2. The third-order valence-electron chi connectivity index (χ3n) is 7.11. The first-order valence-electron chi connectivity index (χ1n) is 11.6. The van der Waals surface area contributed by atoms with E-state index in [9.17, 15) is 9.90 Å². The fourth-order valence-electron chi connectivity index (χ4n) is 5.21. The summed E-state index contributed by atoms with van der Waals surface area (Å²) in [7, 11) is 0. The Bertz CT molecular complexity index is 1430. The normalized spacial score (nSPS) is 18.9. The molecule has 6 nitrogen and oxygen atoms in total. The summed E-state index contributed by atoms with van der Waals surface area (Å²) in [6, 6.07) is 14.9. The minimum atomic E-state index is -0.967. The summed E-state index contributed by atoms with van der Waals surface area (Å²) in [5, 5.41) is 13.4. The highest BCUT2D eigenvalue weighted by Gasteiger charge is 2.40. The fourth-order valence-corrected chi connectivity index (χ4v) is 5.57. The van der Waals surface area contributed by atoms with E-state index in [2.05, 4.69) is 9.97 Å². The van der Waals surface area contributed by atoms with Crippen LogP contribution in [-0.2, 0) is 16.8 Å². The maximum absolute atomic E-state index is 13.4. The standard InChI is InChI=1S/C27H23Cl2N3O3/c28-18-3-1-17(2-4-18)27(34)7-11-32(12-8-27)26(33)23-14-16-13-19(29)15-22(24(16)35-23)20-5-9-30-25-21(20)6-10-31-25/h1-6,9-10,13,15,23,34H,7-8,11-12,14H2,(H,30,31)/t23-/m0/s1. The van der Waals surface area contributed by atoms with Crippen molar-refractivity contribution in [1.82, 2.24) is 14.9 Å². The Morgan fingerprint density at radius 2 is 1.83 bits per heavy atom. The van der Waals surface area contributed by atoms with Crippen LogP contribution < -0.4 is 4.74 Å². The molecule has 8 heteroatoms. The summed E-state index contributed by atoms with van der Waals surface area (Å²) in [4.78, 5) is 22.7. The molecule has 4 heterocycles. The SMILES string of the molecule is O=C([C@@H]1Cc2cc(Cl)cc(-c3ccnc4[nH]ccc34)c2O1)N1CCC(O)(c2ccc(Cl)cc2)CC1. The lowest BCUT2D eigenvalue weighted by atomic mass is 9.84. The number of nitrogens with one attached hydrogen (secondary N) is 1. The van der Waals surface area contributed by atoms with Crippen LogP contribution in [0.4, 0.5) is 0 Å². The number of hydrogen-bond acceptors (Lipinski definition) is 4. The Morgan fingerprint density at radius 1 is 1.06 bits per heavy atom. The van der Waals surface area contributed by atoms with Crippen molar-refractivity contribution in [3.05, 3.63) is 82.1 Å². The number of piperidine rings is 1. The van der Waals surface area contributed by atoms with E-state index in [0.29, 0.717) is 48.1 Å². The van der Waals surface area contributed by atoms with Crippen LogP contribution in [0, 0.1) is 0 Å². The number of carbonyl (C=O) groups is 1. The molecule has 0 saturated carbocycles. The maximum Gasteiger partial charge on any atom is 0.263 e. The number of aliphatic hydroxyl groups is 1. The topological polar surface area (TPSA) is 78.5 Å². The number of nitrogens with zero attached hydrogens (tertiary/aromatic N) is 2. The highest BCUT2D eigenvalue weighted by molar-refractivity contribution is 6.31. The molecule has 2 aromatic heterocycles.